The quantitative estimate of drug-likeness (QED) is 0.581. The largest absolute Gasteiger partial charge is 0.103 e. The highest BCUT2D eigenvalue weighted by Gasteiger charge is 2.30. The summed E-state index contributed by atoms with van der Waals surface area (Å²) in [5.74, 6) is 3.79. The summed E-state index contributed by atoms with van der Waals surface area (Å²) in [5, 5.41) is 0. The SMILES string of the molecule is C=CCC1CCC(C2CCC(c3cc[c]cc3)CC2)CC1. The molecule has 1 aromatic carbocycles. The van der Waals surface area contributed by atoms with E-state index in [4.69, 9.17) is 0 Å². The zero-order valence-electron chi connectivity index (χ0n) is 13.3. The third-order valence-electron chi connectivity index (χ3n) is 6.05. The van der Waals surface area contributed by atoms with Crippen LogP contribution in [-0.4, -0.2) is 0 Å². The Labute approximate surface area is 130 Å². The smallest absolute Gasteiger partial charge is 0.0162 e. The summed E-state index contributed by atoms with van der Waals surface area (Å²) in [4.78, 5) is 0. The highest BCUT2D eigenvalue weighted by atomic mass is 14.4. The van der Waals surface area contributed by atoms with Gasteiger partial charge in [-0.1, -0.05) is 30.3 Å². The minimum Gasteiger partial charge on any atom is -0.103 e. The van der Waals surface area contributed by atoms with Gasteiger partial charge in [0.1, 0.15) is 0 Å². The molecule has 2 aliphatic carbocycles. The Balaban J connectivity index is 1.47. The van der Waals surface area contributed by atoms with E-state index < -0.39 is 0 Å². The molecule has 0 nitrogen and oxygen atoms in total. The maximum Gasteiger partial charge on any atom is -0.0162 e. The molecule has 2 saturated carbocycles. The van der Waals surface area contributed by atoms with Gasteiger partial charge in [-0.05, 0) is 93.1 Å². The predicted molar refractivity (Wildman–Crippen MR) is 90.2 cm³/mol. The highest BCUT2D eigenvalue weighted by molar-refractivity contribution is 5.19. The zero-order valence-corrected chi connectivity index (χ0v) is 13.3. The van der Waals surface area contributed by atoms with Gasteiger partial charge in [0.25, 0.3) is 0 Å². The number of hydrogen-bond acceptors (Lipinski definition) is 0. The van der Waals surface area contributed by atoms with E-state index in [1.807, 2.05) is 0 Å². The molecule has 2 fully saturated rings. The molecule has 3 rings (SSSR count). The van der Waals surface area contributed by atoms with Gasteiger partial charge >= 0.3 is 0 Å². The summed E-state index contributed by atoms with van der Waals surface area (Å²) in [6.07, 6.45) is 14.9. The first-order valence-corrected chi connectivity index (χ1v) is 8.93. The molecule has 0 aromatic heterocycles. The lowest BCUT2D eigenvalue weighted by atomic mass is 9.68. The third-order valence-corrected chi connectivity index (χ3v) is 6.05. The lowest BCUT2D eigenvalue weighted by Crippen LogP contribution is -2.25. The molecule has 0 atom stereocenters. The second-order valence-corrected chi connectivity index (χ2v) is 7.25. The van der Waals surface area contributed by atoms with Gasteiger partial charge in [-0.15, -0.1) is 6.58 Å². The Hall–Kier alpha value is -1.04. The molecular weight excluding hydrogens is 252 g/mol. The van der Waals surface area contributed by atoms with Crippen molar-refractivity contribution in [3.63, 3.8) is 0 Å². The average Bonchev–Trinajstić information content (AvgIpc) is 2.57. The van der Waals surface area contributed by atoms with Crippen molar-refractivity contribution >= 4 is 0 Å². The van der Waals surface area contributed by atoms with Gasteiger partial charge in [-0.3, -0.25) is 0 Å². The summed E-state index contributed by atoms with van der Waals surface area (Å²) in [5.41, 5.74) is 1.54. The molecule has 1 aromatic rings. The summed E-state index contributed by atoms with van der Waals surface area (Å²) in [6.45, 7) is 3.90. The van der Waals surface area contributed by atoms with Crippen LogP contribution in [-0.2, 0) is 0 Å². The van der Waals surface area contributed by atoms with Gasteiger partial charge in [0.05, 0.1) is 0 Å². The summed E-state index contributed by atoms with van der Waals surface area (Å²) < 4.78 is 0. The van der Waals surface area contributed by atoms with Gasteiger partial charge in [0.15, 0.2) is 0 Å². The molecule has 0 heteroatoms. The monoisotopic (exact) mass is 281 g/mol. The van der Waals surface area contributed by atoms with Crippen LogP contribution in [0.15, 0.2) is 36.9 Å². The van der Waals surface area contributed by atoms with E-state index in [0.717, 1.165) is 23.7 Å². The fourth-order valence-corrected chi connectivity index (χ4v) is 4.73. The highest BCUT2D eigenvalue weighted by Crippen LogP contribution is 2.44. The lowest BCUT2D eigenvalue weighted by molar-refractivity contribution is 0.161. The minimum absolute atomic E-state index is 0.813. The van der Waals surface area contributed by atoms with E-state index >= 15 is 0 Å². The average molecular weight is 281 g/mol. The molecule has 113 valence electrons. The Kier molecular flexibility index (Phi) is 5.17. The van der Waals surface area contributed by atoms with Crippen molar-refractivity contribution in [1.82, 2.24) is 0 Å². The molecule has 0 N–H and O–H groups in total. The first-order valence-electron chi connectivity index (χ1n) is 8.93. The molecule has 1 radical (unpaired) electrons. The zero-order chi connectivity index (χ0) is 14.5. The summed E-state index contributed by atoms with van der Waals surface area (Å²) in [7, 11) is 0. The number of rotatable bonds is 4. The van der Waals surface area contributed by atoms with Crippen molar-refractivity contribution in [3.05, 3.63) is 48.6 Å². The molecule has 21 heavy (non-hydrogen) atoms. The summed E-state index contributed by atoms with van der Waals surface area (Å²) >= 11 is 0. The van der Waals surface area contributed by atoms with Crippen molar-refractivity contribution in [2.75, 3.05) is 0 Å². The second-order valence-electron chi connectivity index (χ2n) is 7.25. The van der Waals surface area contributed by atoms with Crippen molar-refractivity contribution in [2.45, 2.75) is 63.7 Å². The van der Waals surface area contributed by atoms with Crippen LogP contribution in [0.3, 0.4) is 0 Å². The number of hydrogen-bond donors (Lipinski definition) is 0. The lowest BCUT2D eigenvalue weighted by Gasteiger charge is -2.38. The van der Waals surface area contributed by atoms with Gasteiger partial charge in [0, 0.05) is 0 Å². The van der Waals surface area contributed by atoms with E-state index in [-0.39, 0.29) is 0 Å². The van der Waals surface area contributed by atoms with Crippen molar-refractivity contribution < 1.29 is 0 Å². The molecule has 0 spiro atoms. The fraction of sp³-hybridized carbons (Fsp3) is 0.619. The predicted octanol–water partition coefficient (Wildman–Crippen LogP) is 6.14. The Morgan fingerprint density at radius 1 is 0.905 bits per heavy atom. The fourth-order valence-electron chi connectivity index (χ4n) is 4.73. The number of allylic oxidation sites excluding steroid dienone is 1. The van der Waals surface area contributed by atoms with E-state index in [1.54, 1.807) is 5.56 Å². The van der Waals surface area contributed by atoms with E-state index in [0.29, 0.717) is 0 Å². The standard InChI is InChI=1S/C21H29/c1-2-6-17-9-11-19(12-10-17)21-15-13-20(14-16-21)18-7-4-3-5-8-18/h2,4-5,7-8,17,19-21H,1,6,9-16H2. The van der Waals surface area contributed by atoms with E-state index in [2.05, 4.69) is 43.0 Å². The molecule has 0 aliphatic heterocycles. The maximum atomic E-state index is 3.90. The van der Waals surface area contributed by atoms with Gasteiger partial charge < -0.3 is 0 Å². The van der Waals surface area contributed by atoms with Crippen LogP contribution in [0.5, 0.6) is 0 Å². The normalized spacial score (nSPS) is 33.5. The molecule has 0 bridgehead atoms. The Bertz CT molecular complexity index is 417. The first-order chi connectivity index (χ1) is 10.4. The molecule has 0 heterocycles. The van der Waals surface area contributed by atoms with E-state index in [9.17, 15) is 0 Å². The van der Waals surface area contributed by atoms with Crippen LogP contribution in [0.1, 0.15) is 69.3 Å². The molecular formula is C21H29. The molecule has 0 saturated heterocycles. The topological polar surface area (TPSA) is 0 Å². The Morgan fingerprint density at radius 2 is 1.48 bits per heavy atom. The summed E-state index contributed by atoms with van der Waals surface area (Å²) in [6, 6.07) is 11.8. The van der Waals surface area contributed by atoms with Gasteiger partial charge in [-0.25, -0.2) is 0 Å². The van der Waals surface area contributed by atoms with Crippen LogP contribution in [0.2, 0.25) is 0 Å². The van der Waals surface area contributed by atoms with Crippen LogP contribution in [0.25, 0.3) is 0 Å². The van der Waals surface area contributed by atoms with Crippen LogP contribution < -0.4 is 0 Å². The van der Waals surface area contributed by atoms with E-state index in [1.165, 1.54) is 57.8 Å². The molecule has 2 aliphatic rings. The second kappa shape index (κ2) is 7.29. The van der Waals surface area contributed by atoms with Gasteiger partial charge in [-0.2, -0.15) is 0 Å². The van der Waals surface area contributed by atoms with Crippen LogP contribution >= 0.6 is 0 Å². The van der Waals surface area contributed by atoms with Gasteiger partial charge in [0.2, 0.25) is 0 Å². The molecule has 0 amide bonds. The Morgan fingerprint density at radius 3 is 2.05 bits per heavy atom. The number of benzene rings is 1. The maximum absolute atomic E-state index is 3.90. The first kappa shape index (κ1) is 14.9. The van der Waals surface area contributed by atoms with Crippen molar-refractivity contribution in [3.8, 4) is 0 Å². The third kappa shape index (κ3) is 3.78. The van der Waals surface area contributed by atoms with Crippen LogP contribution in [0.4, 0.5) is 0 Å². The minimum atomic E-state index is 0.813. The van der Waals surface area contributed by atoms with Crippen molar-refractivity contribution in [1.29, 1.82) is 0 Å². The van der Waals surface area contributed by atoms with Crippen LogP contribution in [0, 0.1) is 23.8 Å². The van der Waals surface area contributed by atoms with Crippen molar-refractivity contribution in [2.24, 2.45) is 17.8 Å². The molecule has 0 unspecified atom stereocenters.